The van der Waals surface area contributed by atoms with Gasteiger partial charge in [0.1, 0.15) is 5.82 Å². The van der Waals surface area contributed by atoms with Gasteiger partial charge < -0.3 is 10.5 Å². The number of nitrogens with one attached hydrogen (secondary N) is 1. The number of amides is 3. The Hall–Kier alpha value is -2.44. The van der Waals surface area contributed by atoms with E-state index in [0.29, 0.717) is 18.4 Å². The third kappa shape index (κ3) is 4.15. The molecule has 0 spiro atoms. The van der Waals surface area contributed by atoms with Gasteiger partial charge in [-0.3, -0.25) is 14.9 Å². The predicted octanol–water partition coefficient (Wildman–Crippen LogP) is 2.40. The fourth-order valence-electron chi connectivity index (χ4n) is 3.27. The van der Waals surface area contributed by atoms with Gasteiger partial charge in [0.05, 0.1) is 5.41 Å². The van der Waals surface area contributed by atoms with E-state index < -0.39 is 29.4 Å². The van der Waals surface area contributed by atoms with Crippen molar-refractivity contribution in [1.29, 1.82) is 0 Å². The second-order valence-electron chi connectivity index (χ2n) is 6.72. The molecule has 0 radical (unpaired) electrons. The molecular formula is C18H23FN2O4. The lowest BCUT2D eigenvalue weighted by Crippen LogP contribution is -2.48. The van der Waals surface area contributed by atoms with E-state index in [4.69, 9.17) is 10.5 Å². The van der Waals surface area contributed by atoms with Crippen molar-refractivity contribution in [3.8, 4) is 0 Å². The lowest BCUT2D eigenvalue weighted by molar-refractivity contribution is -0.164. The molecule has 1 aliphatic carbocycles. The highest BCUT2D eigenvalue weighted by molar-refractivity contribution is 5.97. The molecule has 3 amide bonds. The highest BCUT2D eigenvalue weighted by Gasteiger charge is 2.46. The number of carbonyl (C=O) groups excluding carboxylic acids is 3. The van der Waals surface area contributed by atoms with Gasteiger partial charge in [0.2, 0.25) is 0 Å². The van der Waals surface area contributed by atoms with Crippen LogP contribution in [0.3, 0.4) is 0 Å². The van der Waals surface area contributed by atoms with Crippen LogP contribution in [0.25, 0.3) is 0 Å². The maximum absolute atomic E-state index is 13.2. The quantitative estimate of drug-likeness (QED) is 0.797. The molecule has 2 rings (SSSR count). The van der Waals surface area contributed by atoms with Crippen LogP contribution < -0.4 is 11.1 Å². The molecule has 0 unspecified atom stereocenters. The van der Waals surface area contributed by atoms with Crippen molar-refractivity contribution < 1.29 is 23.5 Å². The number of imide groups is 1. The van der Waals surface area contributed by atoms with Crippen LogP contribution in [0.2, 0.25) is 0 Å². The first-order valence-electron chi connectivity index (χ1n) is 8.34. The molecule has 136 valence electrons. The molecule has 3 N–H and O–H groups in total. The predicted molar refractivity (Wildman–Crippen MR) is 89.0 cm³/mol. The summed E-state index contributed by atoms with van der Waals surface area (Å²) in [6.45, 7) is 3.41. The van der Waals surface area contributed by atoms with Gasteiger partial charge in [-0.15, -0.1) is 0 Å². The number of nitrogens with two attached hydrogens (primary N) is 1. The first-order chi connectivity index (χ1) is 11.8. The summed E-state index contributed by atoms with van der Waals surface area (Å²) in [5.41, 5.74) is 4.75. The minimum atomic E-state index is -1.13. The molecule has 7 heteroatoms. The van der Waals surface area contributed by atoms with Gasteiger partial charge in [-0.25, -0.2) is 9.18 Å². The van der Waals surface area contributed by atoms with E-state index in [0.717, 1.165) is 12.8 Å². The molecule has 0 bridgehead atoms. The summed E-state index contributed by atoms with van der Waals surface area (Å²) < 4.78 is 18.7. The maximum Gasteiger partial charge on any atom is 0.318 e. The zero-order chi connectivity index (χ0) is 18.6. The Morgan fingerprint density at radius 1 is 1.16 bits per heavy atom. The van der Waals surface area contributed by atoms with E-state index in [1.165, 1.54) is 12.1 Å². The molecule has 6 nitrogen and oxygen atoms in total. The van der Waals surface area contributed by atoms with Crippen molar-refractivity contribution in [2.45, 2.75) is 51.0 Å². The number of hydrogen-bond acceptors (Lipinski definition) is 4. The lowest BCUT2D eigenvalue weighted by atomic mass is 9.79. The maximum atomic E-state index is 13.2. The first kappa shape index (κ1) is 18.9. The smallest absolute Gasteiger partial charge is 0.318 e. The van der Waals surface area contributed by atoms with E-state index in [-0.39, 0.29) is 11.7 Å². The number of rotatable bonds is 5. The second-order valence-corrected chi connectivity index (χ2v) is 6.72. The Labute approximate surface area is 145 Å². The van der Waals surface area contributed by atoms with Crippen molar-refractivity contribution in [1.82, 2.24) is 5.32 Å². The topological polar surface area (TPSA) is 98.5 Å². The summed E-state index contributed by atoms with van der Waals surface area (Å²) in [7, 11) is 0. The Morgan fingerprint density at radius 2 is 1.72 bits per heavy atom. The van der Waals surface area contributed by atoms with Crippen molar-refractivity contribution in [2.24, 2.45) is 11.7 Å². The zero-order valence-corrected chi connectivity index (χ0v) is 14.4. The van der Waals surface area contributed by atoms with Gasteiger partial charge >= 0.3 is 12.0 Å². The number of urea groups is 1. The number of halogens is 1. The van der Waals surface area contributed by atoms with E-state index in [9.17, 15) is 18.8 Å². The van der Waals surface area contributed by atoms with Crippen molar-refractivity contribution in [2.75, 3.05) is 0 Å². The average molecular weight is 350 g/mol. The molecule has 1 aromatic carbocycles. The summed E-state index contributed by atoms with van der Waals surface area (Å²) >= 11 is 0. The normalized spacial score (nSPS) is 17.1. The minimum Gasteiger partial charge on any atom is -0.451 e. The van der Waals surface area contributed by atoms with Crippen molar-refractivity contribution in [3.63, 3.8) is 0 Å². The summed E-state index contributed by atoms with van der Waals surface area (Å²) in [6, 6.07) is 4.77. The second kappa shape index (κ2) is 7.63. The molecule has 1 aliphatic rings. The Balaban J connectivity index is 2.26. The molecule has 1 aromatic rings. The van der Waals surface area contributed by atoms with Gasteiger partial charge in [-0.05, 0) is 36.5 Å². The fraction of sp³-hybridized carbons (Fsp3) is 0.500. The van der Waals surface area contributed by atoms with Crippen LogP contribution in [-0.4, -0.2) is 24.0 Å². The molecule has 1 atom stereocenters. The number of hydrogen-bond donors (Lipinski definition) is 2. The molecule has 1 saturated carbocycles. The molecule has 25 heavy (non-hydrogen) atoms. The Morgan fingerprint density at radius 3 is 2.20 bits per heavy atom. The van der Waals surface area contributed by atoms with E-state index in [1.54, 1.807) is 26.0 Å². The van der Waals surface area contributed by atoms with E-state index >= 15 is 0 Å². The van der Waals surface area contributed by atoms with Crippen LogP contribution >= 0.6 is 0 Å². The summed E-state index contributed by atoms with van der Waals surface area (Å²) in [5.74, 6) is -2.00. The molecule has 0 aromatic heterocycles. The van der Waals surface area contributed by atoms with Crippen LogP contribution in [0.1, 0.15) is 45.1 Å². The third-order valence-electron chi connectivity index (χ3n) is 4.59. The molecule has 0 saturated heterocycles. The summed E-state index contributed by atoms with van der Waals surface area (Å²) in [4.78, 5) is 35.9. The lowest BCUT2D eigenvalue weighted by Gasteiger charge is -2.30. The number of primary amides is 1. The van der Waals surface area contributed by atoms with Crippen LogP contribution in [0.15, 0.2) is 24.3 Å². The SMILES string of the molecule is CC(C)[C@@H](OC(=O)C1(c2ccc(F)cc2)CCCC1)C(=O)NC(N)=O. The number of esters is 1. The molecular weight excluding hydrogens is 327 g/mol. The summed E-state index contributed by atoms with van der Waals surface area (Å²) in [5, 5.41) is 1.95. The Bertz CT molecular complexity index is 652. The van der Waals surface area contributed by atoms with Crippen LogP contribution in [0.4, 0.5) is 9.18 Å². The number of benzene rings is 1. The van der Waals surface area contributed by atoms with Gasteiger partial charge in [0, 0.05) is 0 Å². The standard InChI is InChI=1S/C18H23FN2O4/c1-11(2)14(15(22)21-17(20)24)25-16(23)18(9-3-4-10-18)12-5-7-13(19)8-6-12/h5-8,11,14H,3-4,9-10H2,1-2H3,(H3,20,21,22,24)/t14-/m1/s1. The molecule has 0 heterocycles. The summed E-state index contributed by atoms with van der Waals surface area (Å²) in [6.07, 6.45) is 1.69. The highest BCUT2D eigenvalue weighted by atomic mass is 19.1. The van der Waals surface area contributed by atoms with Crippen molar-refractivity contribution >= 4 is 17.9 Å². The minimum absolute atomic E-state index is 0.338. The number of ether oxygens (including phenoxy) is 1. The van der Waals surface area contributed by atoms with Gasteiger partial charge in [-0.1, -0.05) is 38.8 Å². The van der Waals surface area contributed by atoms with E-state index in [2.05, 4.69) is 0 Å². The highest BCUT2D eigenvalue weighted by Crippen LogP contribution is 2.42. The Kier molecular flexibility index (Phi) is 5.77. The first-order valence-corrected chi connectivity index (χ1v) is 8.34. The number of carbonyl (C=O) groups is 3. The zero-order valence-electron chi connectivity index (χ0n) is 14.4. The fourth-order valence-corrected chi connectivity index (χ4v) is 3.27. The average Bonchev–Trinajstić information content (AvgIpc) is 3.02. The van der Waals surface area contributed by atoms with Gasteiger partial charge in [0.15, 0.2) is 6.10 Å². The molecule has 0 aliphatic heterocycles. The van der Waals surface area contributed by atoms with Crippen LogP contribution in [0.5, 0.6) is 0 Å². The van der Waals surface area contributed by atoms with Crippen LogP contribution in [0, 0.1) is 11.7 Å². The largest absolute Gasteiger partial charge is 0.451 e. The van der Waals surface area contributed by atoms with Crippen molar-refractivity contribution in [3.05, 3.63) is 35.6 Å². The van der Waals surface area contributed by atoms with Gasteiger partial charge in [-0.2, -0.15) is 0 Å². The van der Waals surface area contributed by atoms with E-state index in [1.807, 2.05) is 5.32 Å². The van der Waals surface area contributed by atoms with Gasteiger partial charge in [0.25, 0.3) is 5.91 Å². The molecule has 1 fully saturated rings. The third-order valence-corrected chi connectivity index (χ3v) is 4.59. The monoisotopic (exact) mass is 350 g/mol. The van der Waals surface area contributed by atoms with Crippen LogP contribution in [-0.2, 0) is 19.7 Å².